The van der Waals surface area contributed by atoms with E-state index >= 15 is 0 Å². The summed E-state index contributed by atoms with van der Waals surface area (Å²) in [5.41, 5.74) is 7.07. The Bertz CT molecular complexity index is 2090. The molecule has 0 fully saturated rings. The van der Waals surface area contributed by atoms with Crippen LogP contribution in [0.25, 0.3) is 22.0 Å². The van der Waals surface area contributed by atoms with Crippen LogP contribution < -0.4 is 5.32 Å². The second-order valence-corrected chi connectivity index (χ2v) is 14.4. The minimum absolute atomic E-state index is 0.00780. The predicted octanol–water partition coefficient (Wildman–Crippen LogP) is 7.97. The third-order valence-electron chi connectivity index (χ3n) is 9.92. The zero-order chi connectivity index (χ0) is 38.5. The Morgan fingerprint density at radius 3 is 2.35 bits per heavy atom. The molecule has 0 spiro atoms. The van der Waals surface area contributed by atoms with Crippen LogP contribution in [0.2, 0.25) is 5.02 Å². The number of alkyl carbamates (subject to hydrolysis) is 1. The summed E-state index contributed by atoms with van der Waals surface area (Å²) in [5, 5.41) is 4.08. The number of amides is 2. The molecule has 3 aromatic carbocycles. The van der Waals surface area contributed by atoms with E-state index in [1.54, 1.807) is 30.4 Å². The Kier molecular flexibility index (Phi) is 11.7. The number of esters is 2. The van der Waals surface area contributed by atoms with E-state index in [4.69, 9.17) is 25.8 Å². The van der Waals surface area contributed by atoms with Crippen molar-refractivity contribution in [1.29, 1.82) is 0 Å². The number of ether oxygens (including phenoxy) is 3. The van der Waals surface area contributed by atoms with Crippen molar-refractivity contribution in [3.8, 4) is 11.1 Å². The van der Waals surface area contributed by atoms with Gasteiger partial charge in [0.1, 0.15) is 25.3 Å². The number of halogens is 1. The molecule has 3 atom stereocenters. The highest BCUT2D eigenvalue weighted by atomic mass is 35.5. The van der Waals surface area contributed by atoms with Crippen LogP contribution >= 0.6 is 11.6 Å². The van der Waals surface area contributed by atoms with Gasteiger partial charge in [0.25, 0.3) is 0 Å². The number of hydrogen-bond acceptors (Lipinski definition) is 7. The maximum atomic E-state index is 14.9. The Hall–Kier alpha value is -5.61. The molecule has 2 aliphatic rings. The highest BCUT2D eigenvalue weighted by Gasteiger charge is 2.46. The Morgan fingerprint density at radius 2 is 1.70 bits per heavy atom. The molecular formula is C43H44ClN3O7. The van der Waals surface area contributed by atoms with Crippen LogP contribution in [-0.4, -0.2) is 66.2 Å². The molecule has 2 amide bonds. The minimum Gasteiger partial charge on any atom is -0.467 e. The number of allylic oxidation sites excluding steroid dienone is 2. The fourth-order valence-electron chi connectivity index (χ4n) is 7.53. The smallest absolute Gasteiger partial charge is 0.407 e. The average Bonchev–Trinajstić information content (AvgIpc) is 3.69. The molecule has 1 aromatic heterocycles. The second-order valence-electron chi connectivity index (χ2n) is 14.0. The van der Waals surface area contributed by atoms with E-state index in [9.17, 15) is 19.2 Å². The fourth-order valence-corrected chi connectivity index (χ4v) is 7.70. The highest BCUT2D eigenvalue weighted by Crippen LogP contribution is 2.45. The zero-order valence-electron chi connectivity index (χ0n) is 30.6. The molecule has 2 N–H and O–H groups in total. The summed E-state index contributed by atoms with van der Waals surface area (Å²) in [6.45, 7) is 11.4. The molecule has 4 aromatic rings. The Balaban J connectivity index is 1.31. The first-order chi connectivity index (χ1) is 26.0. The molecule has 2 heterocycles. The Morgan fingerprint density at radius 1 is 1.02 bits per heavy atom. The summed E-state index contributed by atoms with van der Waals surface area (Å²) in [6.07, 6.45) is 4.05. The minimum atomic E-state index is -1.45. The monoisotopic (exact) mass is 749 g/mol. The number of rotatable bonds is 13. The normalized spacial score (nSPS) is 16.7. The highest BCUT2D eigenvalue weighted by molar-refractivity contribution is 6.31. The second kappa shape index (κ2) is 16.6. The van der Waals surface area contributed by atoms with E-state index < -0.39 is 48.5 Å². The van der Waals surface area contributed by atoms with Gasteiger partial charge in [-0.25, -0.2) is 9.59 Å². The number of carbonyl (C=O) groups excluding carboxylic acids is 4. The quantitative estimate of drug-likeness (QED) is 0.0807. The van der Waals surface area contributed by atoms with Gasteiger partial charge in [-0.15, -0.1) is 0 Å². The molecule has 0 radical (unpaired) electrons. The van der Waals surface area contributed by atoms with E-state index in [1.165, 1.54) is 12.0 Å². The van der Waals surface area contributed by atoms with Gasteiger partial charge in [-0.3, -0.25) is 9.59 Å². The number of aromatic nitrogens is 1. The summed E-state index contributed by atoms with van der Waals surface area (Å²) < 4.78 is 16.5. The lowest BCUT2D eigenvalue weighted by Crippen LogP contribution is -2.58. The third-order valence-corrected chi connectivity index (χ3v) is 10.2. The SMILES string of the molecule is C=C/C=C\C(=C)COC(=O)CC(NC(=O)OCC1c2ccccc2-c2ccccc21)C(=O)N1C(C(=O)OC)Cc2c([nH]c3cc(Cl)ccc23)C1CC(C)C. The average molecular weight is 750 g/mol. The van der Waals surface area contributed by atoms with Crippen LogP contribution in [0, 0.1) is 5.92 Å². The van der Waals surface area contributed by atoms with Gasteiger partial charge in [0.05, 0.1) is 19.6 Å². The number of hydrogen-bond donors (Lipinski definition) is 2. The molecule has 0 saturated carbocycles. The number of nitrogens with zero attached hydrogens (tertiary/aromatic N) is 1. The van der Waals surface area contributed by atoms with Crippen LogP contribution in [0.15, 0.2) is 104 Å². The van der Waals surface area contributed by atoms with Gasteiger partial charge in [0.2, 0.25) is 5.91 Å². The van der Waals surface area contributed by atoms with Crippen molar-refractivity contribution in [3.05, 3.63) is 131 Å². The maximum absolute atomic E-state index is 14.9. The van der Waals surface area contributed by atoms with Crippen molar-refractivity contribution >= 4 is 46.4 Å². The fraction of sp³-hybridized carbons (Fsp3) is 0.302. The first-order valence-electron chi connectivity index (χ1n) is 17.9. The predicted molar refractivity (Wildman–Crippen MR) is 208 cm³/mol. The zero-order valence-corrected chi connectivity index (χ0v) is 31.4. The van der Waals surface area contributed by atoms with Crippen LogP contribution in [0.1, 0.15) is 61.0 Å². The summed E-state index contributed by atoms with van der Waals surface area (Å²) in [7, 11) is 1.27. The number of methoxy groups -OCH3 is 1. The largest absolute Gasteiger partial charge is 0.467 e. The standard InChI is InChI=1S/C43H44ClN3O7/c1-6-7-12-26(4)23-53-39(48)22-36(46-43(51)54-24-34-30-15-10-8-13-28(30)29-14-9-11-16-31(29)34)41(49)47-37(19-25(2)3)40-33(21-38(47)42(50)52-5)32-18-17-27(44)20-35(32)45-40/h6-18,20,25,34,36-38,45H,1,4,19,21-24H2,2-3,5H3,(H,46,51)/b12-7-. The maximum Gasteiger partial charge on any atom is 0.407 e. The lowest BCUT2D eigenvalue weighted by atomic mass is 9.86. The van der Waals surface area contributed by atoms with Gasteiger partial charge in [0.15, 0.2) is 0 Å². The molecule has 0 bridgehead atoms. The van der Waals surface area contributed by atoms with Crippen molar-refractivity contribution in [3.63, 3.8) is 0 Å². The van der Waals surface area contributed by atoms with E-state index in [1.807, 2.05) is 68.4 Å². The van der Waals surface area contributed by atoms with E-state index in [-0.39, 0.29) is 31.5 Å². The molecule has 11 heteroatoms. The number of carbonyl (C=O) groups is 4. The molecule has 6 rings (SSSR count). The number of benzene rings is 3. The molecule has 0 saturated heterocycles. The molecule has 10 nitrogen and oxygen atoms in total. The van der Waals surface area contributed by atoms with Gasteiger partial charge in [-0.1, -0.05) is 111 Å². The summed E-state index contributed by atoms with van der Waals surface area (Å²) in [4.78, 5) is 60.4. The van der Waals surface area contributed by atoms with Crippen molar-refractivity contribution in [2.75, 3.05) is 20.3 Å². The van der Waals surface area contributed by atoms with Gasteiger partial charge < -0.3 is 29.4 Å². The number of H-pyrrole nitrogens is 1. The van der Waals surface area contributed by atoms with Crippen LogP contribution in [0.4, 0.5) is 4.79 Å². The summed E-state index contributed by atoms with van der Waals surface area (Å²) >= 11 is 6.34. The van der Waals surface area contributed by atoms with E-state index in [0.717, 1.165) is 44.4 Å². The number of fused-ring (bicyclic) bond motifs is 6. The number of aromatic amines is 1. The van der Waals surface area contributed by atoms with Crippen molar-refractivity contribution in [2.45, 2.75) is 57.2 Å². The van der Waals surface area contributed by atoms with Gasteiger partial charge in [-0.05, 0) is 57.9 Å². The van der Waals surface area contributed by atoms with Gasteiger partial charge in [0, 0.05) is 34.0 Å². The van der Waals surface area contributed by atoms with Crippen molar-refractivity contribution in [2.24, 2.45) is 5.92 Å². The lowest BCUT2D eigenvalue weighted by molar-refractivity contribution is -0.158. The number of nitrogens with one attached hydrogen (secondary N) is 2. The summed E-state index contributed by atoms with van der Waals surface area (Å²) in [5.74, 6) is -2.19. The third kappa shape index (κ3) is 7.99. The summed E-state index contributed by atoms with van der Waals surface area (Å²) in [6, 6.07) is 18.2. The van der Waals surface area contributed by atoms with Crippen molar-refractivity contribution < 1.29 is 33.4 Å². The van der Waals surface area contributed by atoms with Crippen LogP contribution in [0.5, 0.6) is 0 Å². The molecule has 280 valence electrons. The molecule has 3 unspecified atom stereocenters. The van der Waals surface area contributed by atoms with Gasteiger partial charge in [-0.2, -0.15) is 0 Å². The van der Waals surface area contributed by atoms with Crippen molar-refractivity contribution in [1.82, 2.24) is 15.2 Å². The first-order valence-corrected chi connectivity index (χ1v) is 18.3. The molecule has 1 aliphatic heterocycles. The first kappa shape index (κ1) is 38.1. The van der Waals surface area contributed by atoms with E-state index in [0.29, 0.717) is 17.0 Å². The van der Waals surface area contributed by atoms with E-state index in [2.05, 4.69) is 23.5 Å². The van der Waals surface area contributed by atoms with Crippen LogP contribution in [0.3, 0.4) is 0 Å². The molecular weight excluding hydrogens is 706 g/mol. The molecule has 54 heavy (non-hydrogen) atoms. The van der Waals surface area contributed by atoms with Gasteiger partial charge >= 0.3 is 18.0 Å². The topological polar surface area (TPSA) is 127 Å². The Labute approximate surface area is 319 Å². The molecule has 1 aliphatic carbocycles. The van der Waals surface area contributed by atoms with Crippen LogP contribution in [-0.2, 0) is 35.0 Å². The lowest BCUT2D eigenvalue weighted by Gasteiger charge is -2.42.